The summed E-state index contributed by atoms with van der Waals surface area (Å²) >= 11 is 0. The smallest absolute Gasteiger partial charge is 0.404 e. The molecule has 0 saturated carbocycles. The van der Waals surface area contributed by atoms with Gasteiger partial charge in [-0.2, -0.15) is 0 Å². The highest BCUT2D eigenvalue weighted by Gasteiger charge is 2.49. The molecule has 18 heavy (non-hydrogen) atoms. The van der Waals surface area contributed by atoms with Crippen LogP contribution < -0.4 is 0 Å². The number of allylic oxidation sites excluding steroid dienone is 1. The number of nitrogens with zero attached hydrogens (tertiary/aromatic N) is 1. The first-order valence-corrected chi connectivity index (χ1v) is 5.12. The fourth-order valence-corrected chi connectivity index (χ4v) is 1.76. The Balaban J connectivity index is 2.26. The monoisotopic (exact) mass is 253 g/mol. The minimum atomic E-state index is -1.46. The molecule has 0 amide bonds. The molecular formula is C11H11NO6. The number of methoxy groups -OCH3 is 2. The van der Waals surface area contributed by atoms with Crippen molar-refractivity contribution in [3.8, 4) is 0 Å². The highest BCUT2D eigenvalue weighted by Crippen LogP contribution is 2.30. The van der Waals surface area contributed by atoms with Crippen LogP contribution in [0.5, 0.6) is 0 Å². The third kappa shape index (κ3) is 1.73. The van der Waals surface area contributed by atoms with E-state index in [1.165, 1.54) is 25.3 Å². The van der Waals surface area contributed by atoms with Crippen LogP contribution >= 0.6 is 0 Å². The summed E-state index contributed by atoms with van der Waals surface area (Å²) in [4.78, 5) is 28.2. The van der Waals surface area contributed by atoms with Gasteiger partial charge in [-0.25, -0.2) is 4.79 Å². The second kappa shape index (κ2) is 4.17. The number of hydrogen-bond donors (Lipinski definition) is 0. The Labute approximate surface area is 102 Å². The van der Waals surface area contributed by atoms with E-state index in [2.05, 4.69) is 4.74 Å². The summed E-state index contributed by atoms with van der Waals surface area (Å²) in [6.07, 6.45) is 3.96. The molecule has 96 valence electrons. The van der Waals surface area contributed by atoms with Gasteiger partial charge in [0.1, 0.15) is 5.76 Å². The van der Waals surface area contributed by atoms with Gasteiger partial charge in [-0.15, -0.1) is 0 Å². The van der Waals surface area contributed by atoms with Gasteiger partial charge in [0, 0.05) is 6.08 Å². The number of carbonyl (C=O) groups excluding carboxylic acids is 2. The van der Waals surface area contributed by atoms with E-state index in [0.717, 1.165) is 7.11 Å². The molecule has 0 radical (unpaired) electrons. The maximum Gasteiger partial charge on any atom is 0.404 e. The van der Waals surface area contributed by atoms with Crippen LogP contribution in [0.3, 0.4) is 0 Å². The van der Waals surface area contributed by atoms with Gasteiger partial charge in [-0.05, 0) is 6.08 Å². The molecule has 0 saturated heterocycles. The van der Waals surface area contributed by atoms with Gasteiger partial charge in [0.2, 0.25) is 0 Å². The van der Waals surface area contributed by atoms with Crippen molar-refractivity contribution in [2.45, 2.75) is 12.0 Å². The number of hydrogen-bond acceptors (Lipinski definition) is 6. The lowest BCUT2D eigenvalue weighted by Crippen LogP contribution is -2.39. The number of ketones is 1. The Morgan fingerprint density at radius 1 is 1.56 bits per heavy atom. The second-order valence-corrected chi connectivity index (χ2v) is 3.80. The molecule has 0 bridgehead atoms. The van der Waals surface area contributed by atoms with Crippen LogP contribution in [0.1, 0.15) is 6.42 Å². The highest BCUT2D eigenvalue weighted by atomic mass is 16.9. The molecule has 7 heteroatoms. The number of ether oxygens (including phenoxy) is 2. The summed E-state index contributed by atoms with van der Waals surface area (Å²) in [5.74, 6) is -0.913. The standard InChI is InChI=1S/C11H11NO6/c1-16-7-3-4-11(9(13)5-7)6-8(10(14)17-2)12(15)18-11/h3-5H,6H2,1-2H3. The van der Waals surface area contributed by atoms with Crippen molar-refractivity contribution in [1.29, 1.82) is 0 Å². The van der Waals surface area contributed by atoms with Crippen LogP contribution in [0, 0.1) is 5.21 Å². The van der Waals surface area contributed by atoms with Crippen LogP contribution in [0.15, 0.2) is 24.0 Å². The molecule has 0 aromatic carbocycles. The molecule has 0 N–H and O–H groups in total. The first-order chi connectivity index (χ1) is 8.52. The maximum atomic E-state index is 11.9. The van der Waals surface area contributed by atoms with E-state index in [-0.39, 0.29) is 17.0 Å². The Hall–Kier alpha value is -2.31. The lowest BCUT2D eigenvalue weighted by Gasteiger charge is -2.25. The third-order valence-corrected chi connectivity index (χ3v) is 2.76. The molecule has 1 aliphatic heterocycles. The molecule has 0 fully saturated rings. The summed E-state index contributed by atoms with van der Waals surface area (Å²) in [6.45, 7) is 0. The molecule has 1 spiro atoms. The Morgan fingerprint density at radius 3 is 2.83 bits per heavy atom. The predicted octanol–water partition coefficient (Wildman–Crippen LogP) is -0.146. The normalized spacial score (nSPS) is 26.1. The van der Waals surface area contributed by atoms with E-state index in [1.54, 1.807) is 0 Å². The minimum absolute atomic E-state index is 0.0275. The van der Waals surface area contributed by atoms with Gasteiger partial charge in [0.25, 0.3) is 0 Å². The average Bonchev–Trinajstić information content (AvgIpc) is 2.70. The zero-order valence-corrected chi connectivity index (χ0v) is 9.84. The Kier molecular flexibility index (Phi) is 2.82. The fourth-order valence-electron chi connectivity index (χ4n) is 1.76. The Bertz CT molecular complexity index is 504. The van der Waals surface area contributed by atoms with Gasteiger partial charge in [0.15, 0.2) is 11.4 Å². The van der Waals surface area contributed by atoms with Crippen molar-refractivity contribution < 1.29 is 28.8 Å². The minimum Gasteiger partial charge on any atom is -0.497 e. The topological polar surface area (TPSA) is 87.9 Å². The zero-order valence-electron chi connectivity index (χ0n) is 9.84. The number of esters is 1. The van der Waals surface area contributed by atoms with Crippen molar-refractivity contribution in [3.63, 3.8) is 0 Å². The zero-order chi connectivity index (χ0) is 13.3. The van der Waals surface area contributed by atoms with Crippen LogP contribution in [-0.4, -0.2) is 42.2 Å². The van der Waals surface area contributed by atoms with E-state index in [4.69, 9.17) is 9.57 Å². The second-order valence-electron chi connectivity index (χ2n) is 3.80. The molecule has 2 rings (SSSR count). The van der Waals surface area contributed by atoms with Gasteiger partial charge in [0.05, 0.1) is 25.5 Å². The van der Waals surface area contributed by atoms with Crippen LogP contribution in [0.2, 0.25) is 0 Å². The largest absolute Gasteiger partial charge is 0.497 e. The number of carbonyl (C=O) groups is 2. The third-order valence-electron chi connectivity index (χ3n) is 2.76. The summed E-state index contributed by atoms with van der Waals surface area (Å²) in [5, 5.41) is 11.5. The molecule has 7 nitrogen and oxygen atoms in total. The van der Waals surface area contributed by atoms with Crippen molar-refractivity contribution >= 4 is 17.5 Å². The molecule has 1 unspecified atom stereocenters. The van der Waals surface area contributed by atoms with E-state index in [0.29, 0.717) is 5.76 Å². The maximum absolute atomic E-state index is 11.9. The molecule has 0 aromatic heterocycles. The van der Waals surface area contributed by atoms with E-state index < -0.39 is 17.4 Å². The van der Waals surface area contributed by atoms with Gasteiger partial charge >= 0.3 is 11.7 Å². The van der Waals surface area contributed by atoms with Crippen LogP contribution in [0.4, 0.5) is 0 Å². The predicted molar refractivity (Wildman–Crippen MR) is 58.3 cm³/mol. The molecule has 1 heterocycles. The molecule has 1 aliphatic carbocycles. The van der Waals surface area contributed by atoms with Crippen molar-refractivity contribution in [2.75, 3.05) is 14.2 Å². The molecular weight excluding hydrogens is 242 g/mol. The van der Waals surface area contributed by atoms with E-state index in [1.807, 2.05) is 0 Å². The summed E-state index contributed by atoms with van der Waals surface area (Å²) in [5.41, 5.74) is -1.71. The fraction of sp³-hybridized carbons (Fsp3) is 0.364. The first-order valence-electron chi connectivity index (χ1n) is 5.12. The number of rotatable bonds is 2. The molecule has 0 aromatic rings. The van der Waals surface area contributed by atoms with E-state index >= 15 is 0 Å². The van der Waals surface area contributed by atoms with Crippen LogP contribution in [0.25, 0.3) is 0 Å². The average molecular weight is 253 g/mol. The van der Waals surface area contributed by atoms with E-state index in [9.17, 15) is 14.8 Å². The van der Waals surface area contributed by atoms with Crippen molar-refractivity contribution in [1.82, 2.24) is 0 Å². The Morgan fingerprint density at radius 2 is 2.28 bits per heavy atom. The lowest BCUT2D eigenvalue weighted by molar-refractivity contribution is -0.743. The first kappa shape index (κ1) is 12.2. The SMILES string of the molecule is COC(=O)C1=[N+]([O-])OC2(C=CC(OC)=CC2=O)C1. The van der Waals surface area contributed by atoms with Crippen molar-refractivity contribution in [2.24, 2.45) is 0 Å². The quantitative estimate of drug-likeness (QED) is 0.502. The van der Waals surface area contributed by atoms with Gasteiger partial charge in [-0.1, -0.05) is 6.08 Å². The molecule has 1 atom stereocenters. The summed E-state index contributed by atoms with van der Waals surface area (Å²) < 4.78 is 9.34. The summed E-state index contributed by atoms with van der Waals surface area (Å²) in [6, 6.07) is 0. The van der Waals surface area contributed by atoms with Crippen LogP contribution in [-0.2, 0) is 23.9 Å². The van der Waals surface area contributed by atoms with Crippen molar-refractivity contribution in [3.05, 3.63) is 29.2 Å². The highest BCUT2D eigenvalue weighted by molar-refractivity contribution is 6.35. The van der Waals surface area contributed by atoms with Gasteiger partial charge < -0.3 is 14.3 Å². The van der Waals surface area contributed by atoms with Gasteiger partial charge in [-0.3, -0.25) is 10.0 Å². The lowest BCUT2D eigenvalue weighted by atomic mass is 9.88. The summed E-state index contributed by atoms with van der Waals surface area (Å²) in [7, 11) is 2.57. The molecule has 2 aliphatic rings.